The highest BCUT2D eigenvalue weighted by molar-refractivity contribution is 6.30. The highest BCUT2D eigenvalue weighted by atomic mass is 35.5. The monoisotopic (exact) mass is 443 g/mol. The topological polar surface area (TPSA) is 74.6 Å². The molecule has 164 valence electrons. The summed E-state index contributed by atoms with van der Waals surface area (Å²) in [5.74, 6) is 1.53. The van der Waals surface area contributed by atoms with E-state index < -0.39 is 0 Å². The molecule has 0 saturated carbocycles. The van der Waals surface area contributed by atoms with Crippen LogP contribution in [0, 0.1) is 0 Å². The molecular weight excluding hydrogens is 418 g/mol. The Balaban J connectivity index is 1.74. The van der Waals surface area contributed by atoms with Crippen LogP contribution in [0.25, 0.3) is 5.69 Å². The van der Waals surface area contributed by atoms with Gasteiger partial charge in [0.25, 0.3) is 5.91 Å². The van der Waals surface area contributed by atoms with Crippen LogP contribution in [-0.2, 0) is 6.54 Å². The van der Waals surface area contributed by atoms with E-state index in [0.29, 0.717) is 54.2 Å². The van der Waals surface area contributed by atoms with Crippen LogP contribution >= 0.6 is 11.6 Å². The summed E-state index contributed by atoms with van der Waals surface area (Å²) < 4.78 is 18.8. The second-order valence-corrected chi connectivity index (χ2v) is 6.99. The minimum atomic E-state index is -0.231. The number of hydrogen-bond donors (Lipinski definition) is 1. The van der Waals surface area contributed by atoms with Crippen molar-refractivity contribution in [2.24, 2.45) is 0 Å². The van der Waals surface area contributed by atoms with Gasteiger partial charge >= 0.3 is 0 Å². The maximum Gasteiger partial charge on any atom is 0.254 e. The van der Waals surface area contributed by atoms with Crippen LogP contribution in [0.1, 0.15) is 36.7 Å². The van der Waals surface area contributed by atoms with Gasteiger partial charge in [-0.15, -0.1) is 0 Å². The Morgan fingerprint density at radius 3 is 2.19 bits per heavy atom. The molecule has 0 bridgehead atoms. The van der Waals surface area contributed by atoms with Crippen molar-refractivity contribution >= 4 is 17.5 Å². The number of amides is 1. The number of aromatic nitrogens is 2. The van der Waals surface area contributed by atoms with E-state index in [4.69, 9.17) is 25.8 Å². The number of rotatable bonds is 10. The van der Waals surface area contributed by atoms with Gasteiger partial charge in [-0.3, -0.25) is 4.79 Å². The minimum absolute atomic E-state index is 0.231. The minimum Gasteiger partial charge on any atom is -0.490 e. The van der Waals surface area contributed by atoms with Crippen molar-refractivity contribution in [3.05, 3.63) is 64.9 Å². The first-order chi connectivity index (χ1) is 15.0. The molecule has 0 spiro atoms. The van der Waals surface area contributed by atoms with E-state index in [1.165, 1.54) is 6.20 Å². The Bertz CT molecular complexity index is 991. The van der Waals surface area contributed by atoms with Crippen molar-refractivity contribution in [1.82, 2.24) is 15.1 Å². The molecule has 1 heterocycles. The molecule has 0 fully saturated rings. The van der Waals surface area contributed by atoms with Crippen molar-refractivity contribution in [2.75, 3.05) is 19.8 Å². The van der Waals surface area contributed by atoms with Crippen LogP contribution in [0.3, 0.4) is 0 Å². The second-order valence-electron chi connectivity index (χ2n) is 6.55. The molecule has 0 radical (unpaired) electrons. The van der Waals surface area contributed by atoms with E-state index in [-0.39, 0.29) is 5.91 Å². The van der Waals surface area contributed by atoms with Gasteiger partial charge < -0.3 is 19.5 Å². The fourth-order valence-electron chi connectivity index (χ4n) is 3.00. The predicted molar refractivity (Wildman–Crippen MR) is 120 cm³/mol. The number of nitrogens with one attached hydrogen (secondary N) is 1. The van der Waals surface area contributed by atoms with Crippen LogP contribution in [0.5, 0.6) is 17.2 Å². The normalized spacial score (nSPS) is 10.6. The number of carbonyl (C=O) groups is 1. The fraction of sp³-hybridized carbons (Fsp3) is 0.304. The number of nitrogens with zero attached hydrogens (tertiary/aromatic N) is 2. The molecule has 0 aliphatic carbocycles. The molecule has 1 N–H and O–H groups in total. The number of halogens is 1. The summed E-state index contributed by atoms with van der Waals surface area (Å²) in [5, 5.41) is 7.81. The molecule has 8 heteroatoms. The highest BCUT2D eigenvalue weighted by Crippen LogP contribution is 2.39. The summed E-state index contributed by atoms with van der Waals surface area (Å²) in [7, 11) is 0. The lowest BCUT2D eigenvalue weighted by molar-refractivity contribution is 0.0950. The molecule has 3 rings (SSSR count). The highest BCUT2D eigenvalue weighted by Gasteiger charge is 2.16. The maximum atomic E-state index is 12.6. The van der Waals surface area contributed by atoms with Gasteiger partial charge in [-0.05, 0) is 62.7 Å². The van der Waals surface area contributed by atoms with Crippen molar-refractivity contribution in [1.29, 1.82) is 0 Å². The first-order valence-corrected chi connectivity index (χ1v) is 10.6. The lowest BCUT2D eigenvalue weighted by Crippen LogP contribution is -2.22. The van der Waals surface area contributed by atoms with E-state index in [0.717, 1.165) is 11.3 Å². The Hall–Kier alpha value is -3.19. The first-order valence-electron chi connectivity index (χ1n) is 10.2. The van der Waals surface area contributed by atoms with Crippen LogP contribution in [0.15, 0.2) is 48.8 Å². The SMILES string of the molecule is CCOc1cc(CNC(=O)c2cnn(-c3ccc(Cl)cc3)c2)cc(OCC)c1OCC. The third-order valence-electron chi connectivity index (χ3n) is 4.36. The molecule has 0 unspecified atom stereocenters. The van der Waals surface area contributed by atoms with Crippen LogP contribution in [0.4, 0.5) is 0 Å². The van der Waals surface area contributed by atoms with Crippen LogP contribution < -0.4 is 19.5 Å². The molecule has 7 nitrogen and oxygen atoms in total. The third-order valence-corrected chi connectivity index (χ3v) is 4.61. The Labute approximate surface area is 186 Å². The molecule has 0 atom stereocenters. The van der Waals surface area contributed by atoms with Gasteiger partial charge in [0.05, 0.1) is 37.3 Å². The maximum absolute atomic E-state index is 12.6. The van der Waals surface area contributed by atoms with E-state index in [2.05, 4.69) is 10.4 Å². The molecule has 2 aromatic carbocycles. The molecule has 0 saturated heterocycles. The number of carbonyl (C=O) groups excluding carboxylic acids is 1. The van der Waals surface area contributed by atoms with Gasteiger partial charge in [0.2, 0.25) is 5.75 Å². The van der Waals surface area contributed by atoms with E-state index >= 15 is 0 Å². The van der Waals surface area contributed by atoms with E-state index in [1.807, 2.05) is 45.0 Å². The van der Waals surface area contributed by atoms with Gasteiger partial charge in [-0.25, -0.2) is 4.68 Å². The summed E-state index contributed by atoms with van der Waals surface area (Å²) in [6.45, 7) is 7.50. The Morgan fingerprint density at radius 1 is 1.00 bits per heavy atom. The van der Waals surface area contributed by atoms with Gasteiger partial charge in [-0.1, -0.05) is 11.6 Å². The van der Waals surface area contributed by atoms with Crippen LogP contribution in [0.2, 0.25) is 5.02 Å². The van der Waals surface area contributed by atoms with Gasteiger partial charge in [0.1, 0.15) is 0 Å². The van der Waals surface area contributed by atoms with Gasteiger partial charge in [0.15, 0.2) is 11.5 Å². The van der Waals surface area contributed by atoms with Crippen LogP contribution in [-0.4, -0.2) is 35.5 Å². The summed E-state index contributed by atoms with van der Waals surface area (Å²) in [6, 6.07) is 10.9. The zero-order chi connectivity index (χ0) is 22.2. The van der Waals surface area contributed by atoms with Crippen molar-refractivity contribution < 1.29 is 19.0 Å². The number of benzene rings is 2. The molecule has 3 aromatic rings. The summed E-state index contributed by atoms with van der Waals surface area (Å²) >= 11 is 5.92. The van der Waals surface area contributed by atoms with Crippen molar-refractivity contribution in [3.63, 3.8) is 0 Å². The van der Waals surface area contributed by atoms with Gasteiger partial charge in [-0.2, -0.15) is 5.10 Å². The zero-order valence-electron chi connectivity index (χ0n) is 17.9. The van der Waals surface area contributed by atoms with Crippen molar-refractivity contribution in [3.8, 4) is 22.9 Å². The number of ether oxygens (including phenoxy) is 3. The van der Waals surface area contributed by atoms with Crippen molar-refractivity contribution in [2.45, 2.75) is 27.3 Å². The Morgan fingerprint density at radius 2 is 1.61 bits per heavy atom. The smallest absolute Gasteiger partial charge is 0.254 e. The molecule has 0 aliphatic heterocycles. The molecule has 1 aromatic heterocycles. The molecule has 31 heavy (non-hydrogen) atoms. The molecule has 1 amide bonds. The Kier molecular flexibility index (Phi) is 7.78. The average Bonchev–Trinajstić information content (AvgIpc) is 3.25. The first kappa shape index (κ1) is 22.5. The lowest BCUT2D eigenvalue weighted by atomic mass is 10.1. The summed E-state index contributed by atoms with van der Waals surface area (Å²) in [5.41, 5.74) is 2.11. The predicted octanol–water partition coefficient (Wildman–Crippen LogP) is 4.65. The lowest BCUT2D eigenvalue weighted by Gasteiger charge is -2.17. The fourth-order valence-corrected chi connectivity index (χ4v) is 3.13. The van der Waals surface area contributed by atoms with Gasteiger partial charge in [0, 0.05) is 17.8 Å². The molecular formula is C23H26ClN3O4. The summed E-state index contributed by atoms with van der Waals surface area (Å²) in [6.07, 6.45) is 3.20. The van der Waals surface area contributed by atoms with E-state index in [1.54, 1.807) is 23.0 Å². The second kappa shape index (κ2) is 10.7. The number of hydrogen-bond acceptors (Lipinski definition) is 5. The standard InChI is InChI=1S/C23H26ClN3O4/c1-4-29-20-11-16(12-21(30-5-2)22(20)31-6-3)13-25-23(28)17-14-26-27(15-17)19-9-7-18(24)8-10-19/h7-12,14-15H,4-6,13H2,1-3H3,(H,25,28). The van der Waals surface area contributed by atoms with E-state index in [9.17, 15) is 4.79 Å². The molecule has 0 aliphatic rings. The summed E-state index contributed by atoms with van der Waals surface area (Å²) in [4.78, 5) is 12.6. The quantitative estimate of drug-likeness (QED) is 0.493. The largest absolute Gasteiger partial charge is 0.490 e. The average molecular weight is 444 g/mol. The zero-order valence-corrected chi connectivity index (χ0v) is 18.6. The third kappa shape index (κ3) is 5.70.